The molecule has 1 N–H and O–H groups in total. The van der Waals surface area contributed by atoms with Crippen LogP contribution in [0.4, 0.5) is 0 Å². The second-order valence-corrected chi connectivity index (χ2v) is 5.63. The minimum atomic E-state index is -0.206. The van der Waals surface area contributed by atoms with Crippen LogP contribution in [0, 0.1) is 0 Å². The highest BCUT2D eigenvalue weighted by atomic mass is 32.1. The van der Waals surface area contributed by atoms with Gasteiger partial charge in [-0.1, -0.05) is 12.1 Å². The number of carbonyl (C=O) groups is 1. The van der Waals surface area contributed by atoms with Gasteiger partial charge in [0.15, 0.2) is 6.61 Å². The Balaban J connectivity index is 1.52. The number of benzene rings is 1. The zero-order chi connectivity index (χ0) is 16.1. The molecule has 0 unspecified atom stereocenters. The molecule has 118 valence electrons. The maximum atomic E-state index is 11.9. The maximum Gasteiger partial charge on any atom is 0.258 e. The summed E-state index contributed by atoms with van der Waals surface area (Å²) < 4.78 is 10.6. The molecule has 1 aromatic carbocycles. The number of nitrogens with one attached hydrogen (secondary N) is 1. The van der Waals surface area contributed by atoms with Crippen molar-refractivity contribution in [2.45, 2.75) is 6.54 Å². The number of nitrogens with zero attached hydrogens (tertiary/aromatic N) is 2. The molecule has 1 amide bonds. The number of amides is 1. The standard InChI is InChI=1S/C16H15N3O3S/c1-21-12-4-2-11(3-5-12)8-17-14(20)9-22-15-13-6-7-23-16(13)19-10-18-15/h2-7,10H,8-9H2,1H3,(H,17,20). The first-order valence-corrected chi connectivity index (χ1v) is 7.85. The number of rotatable bonds is 6. The van der Waals surface area contributed by atoms with Crippen molar-refractivity contribution < 1.29 is 14.3 Å². The van der Waals surface area contributed by atoms with E-state index in [0.29, 0.717) is 12.4 Å². The van der Waals surface area contributed by atoms with E-state index in [1.807, 2.05) is 35.7 Å². The average molecular weight is 329 g/mol. The molecule has 0 saturated carbocycles. The van der Waals surface area contributed by atoms with E-state index in [9.17, 15) is 4.79 Å². The number of methoxy groups -OCH3 is 1. The Morgan fingerprint density at radius 1 is 1.22 bits per heavy atom. The Labute approximate surface area is 137 Å². The van der Waals surface area contributed by atoms with E-state index >= 15 is 0 Å². The zero-order valence-corrected chi connectivity index (χ0v) is 13.3. The summed E-state index contributed by atoms with van der Waals surface area (Å²) in [5.74, 6) is 1.01. The van der Waals surface area contributed by atoms with E-state index in [4.69, 9.17) is 9.47 Å². The second kappa shape index (κ2) is 7.06. The highest BCUT2D eigenvalue weighted by molar-refractivity contribution is 7.16. The third kappa shape index (κ3) is 3.75. The van der Waals surface area contributed by atoms with Crippen molar-refractivity contribution >= 4 is 27.5 Å². The Kier molecular flexibility index (Phi) is 4.68. The summed E-state index contributed by atoms with van der Waals surface area (Å²) in [5.41, 5.74) is 0.987. The molecular weight excluding hydrogens is 314 g/mol. The van der Waals surface area contributed by atoms with Gasteiger partial charge in [0.2, 0.25) is 5.88 Å². The number of hydrogen-bond donors (Lipinski definition) is 1. The molecule has 0 radical (unpaired) electrons. The van der Waals surface area contributed by atoms with Gasteiger partial charge in [-0.2, -0.15) is 0 Å². The summed E-state index contributed by atoms with van der Waals surface area (Å²) in [5, 5.41) is 5.54. The van der Waals surface area contributed by atoms with Gasteiger partial charge in [0.05, 0.1) is 12.5 Å². The number of thiophene rings is 1. The first kappa shape index (κ1) is 15.2. The molecule has 3 aromatic rings. The minimum Gasteiger partial charge on any atom is -0.497 e. The van der Waals surface area contributed by atoms with E-state index in [1.54, 1.807) is 7.11 Å². The van der Waals surface area contributed by atoms with Gasteiger partial charge in [-0.15, -0.1) is 11.3 Å². The monoisotopic (exact) mass is 329 g/mol. The van der Waals surface area contributed by atoms with Gasteiger partial charge >= 0.3 is 0 Å². The van der Waals surface area contributed by atoms with Gasteiger partial charge in [0.25, 0.3) is 5.91 Å². The third-order valence-corrected chi connectivity index (χ3v) is 4.03. The molecule has 0 saturated heterocycles. The van der Waals surface area contributed by atoms with Gasteiger partial charge in [-0.3, -0.25) is 4.79 Å². The van der Waals surface area contributed by atoms with E-state index in [1.165, 1.54) is 17.7 Å². The van der Waals surface area contributed by atoms with Crippen LogP contribution in [-0.4, -0.2) is 29.6 Å². The van der Waals surface area contributed by atoms with E-state index in [-0.39, 0.29) is 12.5 Å². The highest BCUT2D eigenvalue weighted by Gasteiger charge is 2.08. The lowest BCUT2D eigenvalue weighted by atomic mass is 10.2. The molecule has 0 fully saturated rings. The van der Waals surface area contributed by atoms with Crippen LogP contribution in [0.3, 0.4) is 0 Å². The Bertz CT molecular complexity index is 802. The third-order valence-electron chi connectivity index (χ3n) is 3.21. The van der Waals surface area contributed by atoms with Gasteiger partial charge in [-0.25, -0.2) is 9.97 Å². The molecule has 0 aliphatic heterocycles. The summed E-state index contributed by atoms with van der Waals surface area (Å²) in [6.07, 6.45) is 1.43. The van der Waals surface area contributed by atoms with E-state index in [0.717, 1.165) is 21.5 Å². The number of aromatic nitrogens is 2. The Morgan fingerprint density at radius 3 is 2.83 bits per heavy atom. The Morgan fingerprint density at radius 2 is 2.04 bits per heavy atom. The fraction of sp³-hybridized carbons (Fsp3) is 0.188. The molecule has 2 aromatic heterocycles. The van der Waals surface area contributed by atoms with Gasteiger partial charge in [0, 0.05) is 6.54 Å². The van der Waals surface area contributed by atoms with Crippen LogP contribution in [0.2, 0.25) is 0 Å². The number of ether oxygens (including phenoxy) is 2. The molecule has 3 rings (SSSR count). The SMILES string of the molecule is COc1ccc(CNC(=O)COc2ncnc3sccc23)cc1. The summed E-state index contributed by atoms with van der Waals surface area (Å²) in [4.78, 5) is 20.9. The molecule has 0 aliphatic rings. The first-order chi connectivity index (χ1) is 11.3. The van der Waals surface area contributed by atoms with Crippen molar-refractivity contribution in [3.05, 3.63) is 47.6 Å². The van der Waals surface area contributed by atoms with Gasteiger partial charge in [0.1, 0.15) is 16.9 Å². The molecule has 2 heterocycles. The molecule has 0 bridgehead atoms. The van der Waals surface area contributed by atoms with Crippen LogP contribution in [0.1, 0.15) is 5.56 Å². The van der Waals surface area contributed by atoms with E-state index in [2.05, 4.69) is 15.3 Å². The number of hydrogen-bond acceptors (Lipinski definition) is 6. The van der Waals surface area contributed by atoms with Crippen LogP contribution in [0.15, 0.2) is 42.0 Å². The van der Waals surface area contributed by atoms with Crippen LogP contribution in [-0.2, 0) is 11.3 Å². The van der Waals surface area contributed by atoms with Crippen molar-refractivity contribution in [3.63, 3.8) is 0 Å². The van der Waals surface area contributed by atoms with Crippen LogP contribution < -0.4 is 14.8 Å². The first-order valence-electron chi connectivity index (χ1n) is 6.97. The summed E-state index contributed by atoms with van der Waals surface area (Å²) in [6, 6.07) is 9.39. The van der Waals surface area contributed by atoms with Crippen LogP contribution >= 0.6 is 11.3 Å². The van der Waals surface area contributed by atoms with Gasteiger partial charge < -0.3 is 14.8 Å². The molecular formula is C16H15N3O3S. The normalized spacial score (nSPS) is 10.5. The molecule has 0 aliphatic carbocycles. The zero-order valence-electron chi connectivity index (χ0n) is 12.5. The molecule has 7 heteroatoms. The predicted octanol–water partition coefficient (Wildman–Crippen LogP) is 2.40. The van der Waals surface area contributed by atoms with Crippen LogP contribution in [0.25, 0.3) is 10.2 Å². The van der Waals surface area contributed by atoms with Crippen molar-refractivity contribution in [3.8, 4) is 11.6 Å². The summed E-state index contributed by atoms with van der Waals surface area (Å²) in [7, 11) is 1.62. The molecule has 0 spiro atoms. The quantitative estimate of drug-likeness (QED) is 0.752. The van der Waals surface area contributed by atoms with Gasteiger partial charge in [-0.05, 0) is 29.1 Å². The summed E-state index contributed by atoms with van der Waals surface area (Å²) >= 11 is 1.50. The summed E-state index contributed by atoms with van der Waals surface area (Å²) in [6.45, 7) is 0.349. The van der Waals surface area contributed by atoms with Crippen molar-refractivity contribution in [2.75, 3.05) is 13.7 Å². The minimum absolute atomic E-state index is 0.0852. The van der Waals surface area contributed by atoms with Crippen LogP contribution in [0.5, 0.6) is 11.6 Å². The van der Waals surface area contributed by atoms with Crippen molar-refractivity contribution in [1.29, 1.82) is 0 Å². The van der Waals surface area contributed by atoms with Crippen molar-refractivity contribution in [2.24, 2.45) is 0 Å². The largest absolute Gasteiger partial charge is 0.497 e. The Hall–Kier alpha value is -2.67. The molecule has 6 nitrogen and oxygen atoms in total. The predicted molar refractivity (Wildman–Crippen MR) is 87.8 cm³/mol. The number of fused-ring (bicyclic) bond motifs is 1. The average Bonchev–Trinajstić information content (AvgIpc) is 3.07. The van der Waals surface area contributed by atoms with Crippen molar-refractivity contribution in [1.82, 2.24) is 15.3 Å². The lowest BCUT2D eigenvalue weighted by Crippen LogP contribution is -2.28. The molecule has 0 atom stereocenters. The lowest BCUT2D eigenvalue weighted by Gasteiger charge is -2.08. The second-order valence-electron chi connectivity index (χ2n) is 4.73. The topological polar surface area (TPSA) is 73.3 Å². The fourth-order valence-electron chi connectivity index (χ4n) is 2.01. The fourth-order valence-corrected chi connectivity index (χ4v) is 2.73. The smallest absolute Gasteiger partial charge is 0.258 e. The lowest BCUT2D eigenvalue weighted by molar-refractivity contribution is -0.123. The number of carbonyl (C=O) groups excluding carboxylic acids is 1. The van der Waals surface area contributed by atoms with E-state index < -0.39 is 0 Å². The highest BCUT2D eigenvalue weighted by Crippen LogP contribution is 2.25. The maximum absolute atomic E-state index is 11.9. The molecule has 23 heavy (non-hydrogen) atoms.